The number of hydrogen-bond acceptors (Lipinski definition) is 3. The highest BCUT2D eigenvalue weighted by Crippen LogP contribution is 2.18. The van der Waals surface area contributed by atoms with Crippen molar-refractivity contribution in [2.24, 2.45) is 7.05 Å². The van der Waals surface area contributed by atoms with Crippen molar-refractivity contribution in [1.29, 1.82) is 0 Å². The fraction of sp³-hybridized carbons (Fsp3) is 0.286. The minimum atomic E-state index is -0.671. The van der Waals surface area contributed by atoms with Crippen LogP contribution in [0, 0.1) is 0 Å². The Bertz CT molecular complexity index is 631. The Kier molecular flexibility index (Phi) is 3.55. The molecule has 100 valence electrons. The first-order valence-electron chi connectivity index (χ1n) is 5.97. The van der Waals surface area contributed by atoms with Crippen LogP contribution in [0.5, 0.6) is 0 Å². The molecule has 0 spiro atoms. The number of benzene rings is 1. The largest absolute Gasteiger partial charge is 0.467 e. The average molecular weight is 260 g/mol. The van der Waals surface area contributed by atoms with E-state index in [-0.39, 0.29) is 5.91 Å². The van der Waals surface area contributed by atoms with Crippen LogP contribution < -0.4 is 5.32 Å². The van der Waals surface area contributed by atoms with Gasteiger partial charge in [0.25, 0.3) is 5.91 Å². The number of carbonyl (C=O) groups is 2. The van der Waals surface area contributed by atoms with E-state index in [1.54, 1.807) is 17.6 Å². The summed E-state index contributed by atoms with van der Waals surface area (Å²) < 4.78 is 6.38. The number of methoxy groups -OCH3 is 1. The van der Waals surface area contributed by atoms with Gasteiger partial charge in [0, 0.05) is 18.0 Å². The number of para-hydroxylation sites is 1. The molecule has 0 saturated carbocycles. The highest BCUT2D eigenvalue weighted by molar-refractivity contribution is 6.00. The van der Waals surface area contributed by atoms with Gasteiger partial charge in [-0.2, -0.15) is 0 Å². The number of fused-ring (bicyclic) bond motifs is 1. The third kappa shape index (κ3) is 2.45. The molecule has 5 heteroatoms. The second-order valence-electron chi connectivity index (χ2n) is 4.37. The molecule has 1 N–H and O–H groups in total. The first-order chi connectivity index (χ1) is 9.04. The van der Waals surface area contributed by atoms with Gasteiger partial charge in [-0.05, 0) is 19.1 Å². The van der Waals surface area contributed by atoms with Gasteiger partial charge in [0.15, 0.2) is 0 Å². The van der Waals surface area contributed by atoms with Crippen LogP contribution in [0.15, 0.2) is 30.3 Å². The van der Waals surface area contributed by atoms with Crippen LogP contribution in [-0.4, -0.2) is 29.6 Å². The maximum atomic E-state index is 12.1. The van der Waals surface area contributed by atoms with Gasteiger partial charge in [-0.25, -0.2) is 4.79 Å². The molecular weight excluding hydrogens is 244 g/mol. The zero-order valence-electron chi connectivity index (χ0n) is 11.1. The third-order valence-corrected chi connectivity index (χ3v) is 3.09. The molecule has 1 atom stereocenters. The van der Waals surface area contributed by atoms with Crippen molar-refractivity contribution in [2.45, 2.75) is 13.0 Å². The molecule has 1 aromatic carbocycles. The van der Waals surface area contributed by atoms with Gasteiger partial charge in [-0.1, -0.05) is 18.2 Å². The quantitative estimate of drug-likeness (QED) is 0.850. The number of ether oxygens (including phenoxy) is 1. The van der Waals surface area contributed by atoms with Crippen LogP contribution in [0.3, 0.4) is 0 Å². The maximum Gasteiger partial charge on any atom is 0.328 e. The molecule has 0 saturated heterocycles. The van der Waals surface area contributed by atoms with Crippen molar-refractivity contribution < 1.29 is 14.3 Å². The van der Waals surface area contributed by atoms with Crippen molar-refractivity contribution in [3.8, 4) is 0 Å². The molecular formula is C14H16N2O3. The van der Waals surface area contributed by atoms with E-state index in [1.165, 1.54) is 7.11 Å². The van der Waals surface area contributed by atoms with Crippen molar-refractivity contribution in [2.75, 3.05) is 7.11 Å². The zero-order valence-corrected chi connectivity index (χ0v) is 11.1. The zero-order chi connectivity index (χ0) is 14.0. The predicted molar refractivity (Wildman–Crippen MR) is 71.9 cm³/mol. The molecule has 0 radical (unpaired) electrons. The molecule has 1 amide bonds. The number of nitrogens with zero attached hydrogens (tertiary/aromatic N) is 1. The van der Waals surface area contributed by atoms with E-state index in [9.17, 15) is 9.59 Å². The van der Waals surface area contributed by atoms with E-state index < -0.39 is 12.0 Å². The van der Waals surface area contributed by atoms with E-state index in [4.69, 9.17) is 0 Å². The third-order valence-electron chi connectivity index (χ3n) is 3.09. The number of nitrogens with one attached hydrogen (secondary N) is 1. The molecule has 0 aliphatic carbocycles. The molecule has 0 aliphatic rings. The molecule has 0 aliphatic heterocycles. The molecule has 1 aromatic heterocycles. The number of hydrogen-bond donors (Lipinski definition) is 1. The lowest BCUT2D eigenvalue weighted by Crippen LogP contribution is -2.39. The van der Waals surface area contributed by atoms with E-state index in [1.807, 2.05) is 31.3 Å². The summed E-state index contributed by atoms with van der Waals surface area (Å²) in [5.74, 6) is -0.760. The Morgan fingerprint density at radius 2 is 2.00 bits per heavy atom. The molecule has 2 aromatic rings. The standard InChI is InChI=1S/C14H16N2O3/c1-9(14(18)19-3)15-13(17)12-8-10-6-4-5-7-11(10)16(12)2/h4-9H,1-3H3,(H,15,17). The lowest BCUT2D eigenvalue weighted by atomic mass is 10.2. The molecule has 1 unspecified atom stereocenters. The minimum absolute atomic E-state index is 0.295. The number of rotatable bonds is 3. The molecule has 0 fully saturated rings. The fourth-order valence-electron chi connectivity index (χ4n) is 2.01. The number of amides is 1. The number of carbonyl (C=O) groups excluding carboxylic acids is 2. The lowest BCUT2D eigenvalue weighted by Gasteiger charge is -2.11. The van der Waals surface area contributed by atoms with Crippen molar-refractivity contribution in [3.63, 3.8) is 0 Å². The monoisotopic (exact) mass is 260 g/mol. The average Bonchev–Trinajstić information content (AvgIpc) is 2.75. The van der Waals surface area contributed by atoms with Gasteiger partial charge >= 0.3 is 5.97 Å². The van der Waals surface area contributed by atoms with Gasteiger partial charge in [0.1, 0.15) is 11.7 Å². The number of esters is 1. The van der Waals surface area contributed by atoms with E-state index in [0.29, 0.717) is 5.69 Å². The van der Waals surface area contributed by atoms with Crippen molar-refractivity contribution in [3.05, 3.63) is 36.0 Å². The molecule has 0 bridgehead atoms. The minimum Gasteiger partial charge on any atom is -0.467 e. The normalized spacial score (nSPS) is 12.2. The summed E-state index contributed by atoms with van der Waals surface area (Å²) in [6.07, 6.45) is 0. The van der Waals surface area contributed by atoms with Crippen LogP contribution in [0.2, 0.25) is 0 Å². The van der Waals surface area contributed by atoms with Gasteiger partial charge in [0.2, 0.25) is 0 Å². The van der Waals surface area contributed by atoms with Crippen molar-refractivity contribution >= 4 is 22.8 Å². The van der Waals surface area contributed by atoms with Gasteiger partial charge in [-0.3, -0.25) is 4.79 Å². The van der Waals surface area contributed by atoms with Crippen LogP contribution >= 0.6 is 0 Å². The van der Waals surface area contributed by atoms with E-state index >= 15 is 0 Å². The first-order valence-corrected chi connectivity index (χ1v) is 5.97. The van der Waals surface area contributed by atoms with Gasteiger partial charge in [-0.15, -0.1) is 0 Å². The second kappa shape index (κ2) is 5.14. The van der Waals surface area contributed by atoms with Crippen LogP contribution in [-0.2, 0) is 16.6 Å². The number of aryl methyl sites for hydroxylation is 1. The second-order valence-corrected chi connectivity index (χ2v) is 4.37. The summed E-state index contributed by atoms with van der Waals surface area (Å²) in [5.41, 5.74) is 1.48. The SMILES string of the molecule is COC(=O)C(C)NC(=O)c1cc2ccccc2n1C. The lowest BCUT2D eigenvalue weighted by molar-refractivity contribution is -0.142. The van der Waals surface area contributed by atoms with Crippen LogP contribution in [0.1, 0.15) is 17.4 Å². The summed E-state index contributed by atoms with van der Waals surface area (Å²) in [6, 6.07) is 8.85. The summed E-state index contributed by atoms with van der Waals surface area (Å²) in [6.45, 7) is 1.59. The van der Waals surface area contributed by atoms with Gasteiger partial charge < -0.3 is 14.6 Å². The summed E-state index contributed by atoms with van der Waals surface area (Å²) >= 11 is 0. The maximum absolute atomic E-state index is 12.1. The Balaban J connectivity index is 2.27. The fourth-order valence-corrected chi connectivity index (χ4v) is 2.01. The molecule has 5 nitrogen and oxygen atoms in total. The van der Waals surface area contributed by atoms with E-state index in [0.717, 1.165) is 10.9 Å². The first kappa shape index (κ1) is 13.1. The smallest absolute Gasteiger partial charge is 0.328 e. The van der Waals surface area contributed by atoms with E-state index in [2.05, 4.69) is 10.1 Å². The predicted octanol–water partition coefficient (Wildman–Crippen LogP) is 1.47. The molecule has 19 heavy (non-hydrogen) atoms. The Hall–Kier alpha value is -2.30. The highest BCUT2D eigenvalue weighted by Gasteiger charge is 2.19. The number of aromatic nitrogens is 1. The van der Waals surface area contributed by atoms with Crippen molar-refractivity contribution in [1.82, 2.24) is 9.88 Å². The topological polar surface area (TPSA) is 60.3 Å². The van der Waals surface area contributed by atoms with Crippen LogP contribution in [0.4, 0.5) is 0 Å². The summed E-state index contributed by atoms with van der Waals surface area (Å²) in [4.78, 5) is 23.4. The Morgan fingerprint density at radius 3 is 2.63 bits per heavy atom. The molecule has 2 rings (SSSR count). The van der Waals surface area contributed by atoms with Crippen LogP contribution in [0.25, 0.3) is 10.9 Å². The summed E-state index contributed by atoms with van der Waals surface area (Å²) in [7, 11) is 3.11. The summed E-state index contributed by atoms with van der Waals surface area (Å²) in [5, 5.41) is 3.60. The Morgan fingerprint density at radius 1 is 1.32 bits per heavy atom. The molecule has 1 heterocycles. The van der Waals surface area contributed by atoms with Gasteiger partial charge in [0.05, 0.1) is 7.11 Å². The Labute approximate surface area is 111 Å². The highest BCUT2D eigenvalue weighted by atomic mass is 16.5.